The van der Waals surface area contributed by atoms with Crippen molar-refractivity contribution in [3.63, 3.8) is 0 Å². The van der Waals surface area contributed by atoms with Gasteiger partial charge in [0.1, 0.15) is 0 Å². The van der Waals surface area contributed by atoms with Crippen molar-refractivity contribution in [2.75, 3.05) is 0 Å². The van der Waals surface area contributed by atoms with E-state index in [4.69, 9.17) is 4.42 Å². The Morgan fingerprint density at radius 3 is 2.60 bits per heavy atom. The van der Waals surface area contributed by atoms with Crippen LogP contribution >= 0.6 is 11.3 Å². The van der Waals surface area contributed by atoms with Gasteiger partial charge in [0, 0.05) is 17.6 Å². The van der Waals surface area contributed by atoms with Crippen LogP contribution in [0, 0.1) is 0 Å². The minimum Gasteiger partial charge on any atom is -0.472 e. The molecule has 2 aromatic rings. The molecule has 0 aliphatic rings. The highest BCUT2D eigenvalue weighted by Crippen LogP contribution is 2.20. The number of hydrogen-bond acceptors (Lipinski definition) is 3. The molecule has 0 aliphatic heterocycles. The summed E-state index contributed by atoms with van der Waals surface area (Å²) >= 11 is 1.73. The molecule has 0 bridgehead atoms. The van der Waals surface area contributed by atoms with Gasteiger partial charge in [-0.15, -0.1) is 0 Å². The minimum absolute atomic E-state index is 0.318. The van der Waals surface area contributed by atoms with Crippen molar-refractivity contribution in [1.29, 1.82) is 0 Å². The quantitative estimate of drug-likeness (QED) is 0.850. The highest BCUT2D eigenvalue weighted by molar-refractivity contribution is 7.07. The molecule has 2 heterocycles. The molecule has 2 rings (SSSR count). The van der Waals surface area contributed by atoms with E-state index in [1.807, 2.05) is 6.07 Å². The van der Waals surface area contributed by atoms with Crippen molar-refractivity contribution in [3.05, 3.63) is 46.5 Å². The van der Waals surface area contributed by atoms with E-state index in [9.17, 15) is 0 Å². The molecule has 2 unspecified atom stereocenters. The third kappa shape index (κ3) is 2.49. The molecular weight excluding hydrogens is 206 g/mol. The van der Waals surface area contributed by atoms with E-state index in [1.54, 1.807) is 23.9 Å². The normalized spacial score (nSPS) is 15.1. The van der Waals surface area contributed by atoms with Crippen molar-refractivity contribution in [2.45, 2.75) is 25.9 Å². The Labute approximate surface area is 93.9 Å². The van der Waals surface area contributed by atoms with Crippen LogP contribution in [0.5, 0.6) is 0 Å². The smallest absolute Gasteiger partial charge is 0.0950 e. The zero-order valence-electron chi connectivity index (χ0n) is 8.94. The summed E-state index contributed by atoms with van der Waals surface area (Å²) in [4.78, 5) is 0. The van der Waals surface area contributed by atoms with Crippen LogP contribution in [0.1, 0.15) is 37.1 Å². The summed E-state index contributed by atoms with van der Waals surface area (Å²) in [7, 11) is 0. The van der Waals surface area contributed by atoms with Gasteiger partial charge in [0.05, 0.1) is 12.5 Å². The molecule has 80 valence electrons. The second-order valence-corrected chi connectivity index (χ2v) is 4.50. The zero-order valence-corrected chi connectivity index (χ0v) is 9.75. The van der Waals surface area contributed by atoms with E-state index in [1.165, 1.54) is 11.1 Å². The number of furan rings is 1. The van der Waals surface area contributed by atoms with E-state index in [0.717, 1.165) is 0 Å². The molecule has 0 aromatic carbocycles. The molecule has 0 saturated carbocycles. The molecule has 2 atom stereocenters. The van der Waals surface area contributed by atoms with Gasteiger partial charge in [0.2, 0.25) is 0 Å². The van der Waals surface area contributed by atoms with Gasteiger partial charge in [0.15, 0.2) is 0 Å². The zero-order chi connectivity index (χ0) is 10.7. The fourth-order valence-electron chi connectivity index (χ4n) is 1.61. The molecule has 0 amide bonds. The summed E-state index contributed by atoms with van der Waals surface area (Å²) in [5.41, 5.74) is 2.53. The molecule has 0 fully saturated rings. The molecule has 1 N–H and O–H groups in total. The molecule has 2 aromatic heterocycles. The van der Waals surface area contributed by atoms with Crippen LogP contribution in [-0.2, 0) is 0 Å². The largest absolute Gasteiger partial charge is 0.472 e. The van der Waals surface area contributed by atoms with Crippen LogP contribution in [0.2, 0.25) is 0 Å². The van der Waals surface area contributed by atoms with Crippen LogP contribution in [0.15, 0.2) is 39.8 Å². The first-order valence-corrected chi connectivity index (χ1v) is 6.02. The fourth-order valence-corrected chi connectivity index (χ4v) is 2.36. The number of thiophene rings is 1. The van der Waals surface area contributed by atoms with Gasteiger partial charge in [-0.1, -0.05) is 0 Å². The standard InChI is InChI=1S/C12H15NOS/c1-9(11-3-5-14-7-11)13-10(2)12-4-6-15-8-12/h3-10,13H,1-2H3. The van der Waals surface area contributed by atoms with Crippen LogP contribution in [0.3, 0.4) is 0 Å². The lowest BCUT2D eigenvalue weighted by atomic mass is 10.1. The second-order valence-electron chi connectivity index (χ2n) is 3.72. The minimum atomic E-state index is 0.318. The Morgan fingerprint density at radius 1 is 1.20 bits per heavy atom. The van der Waals surface area contributed by atoms with Crippen LogP contribution in [0.4, 0.5) is 0 Å². The van der Waals surface area contributed by atoms with Crippen molar-refractivity contribution in [3.8, 4) is 0 Å². The molecule has 15 heavy (non-hydrogen) atoms. The summed E-state index contributed by atoms with van der Waals surface area (Å²) in [6, 6.07) is 4.85. The first-order chi connectivity index (χ1) is 7.27. The van der Waals surface area contributed by atoms with Gasteiger partial charge in [-0.25, -0.2) is 0 Å². The third-order valence-corrected chi connectivity index (χ3v) is 3.29. The van der Waals surface area contributed by atoms with Crippen LogP contribution in [-0.4, -0.2) is 0 Å². The lowest BCUT2D eigenvalue weighted by Gasteiger charge is -2.18. The van der Waals surface area contributed by atoms with E-state index < -0.39 is 0 Å². The van der Waals surface area contributed by atoms with Gasteiger partial charge in [-0.05, 0) is 42.3 Å². The number of nitrogens with one attached hydrogen (secondary N) is 1. The summed E-state index contributed by atoms with van der Waals surface area (Å²) in [6.07, 6.45) is 3.50. The summed E-state index contributed by atoms with van der Waals surface area (Å²) < 4.78 is 5.07. The monoisotopic (exact) mass is 221 g/mol. The number of rotatable bonds is 4. The van der Waals surface area contributed by atoms with E-state index >= 15 is 0 Å². The molecule has 0 saturated heterocycles. The van der Waals surface area contributed by atoms with Gasteiger partial charge in [0.25, 0.3) is 0 Å². The molecule has 0 spiro atoms. The Bertz CT molecular complexity index is 341. The predicted molar refractivity (Wildman–Crippen MR) is 63.0 cm³/mol. The Morgan fingerprint density at radius 2 is 2.00 bits per heavy atom. The van der Waals surface area contributed by atoms with Crippen molar-refractivity contribution in [2.24, 2.45) is 0 Å². The lowest BCUT2D eigenvalue weighted by molar-refractivity contribution is 0.487. The van der Waals surface area contributed by atoms with Gasteiger partial charge < -0.3 is 9.73 Å². The maximum absolute atomic E-state index is 5.07. The summed E-state index contributed by atoms with van der Waals surface area (Å²) in [6.45, 7) is 4.33. The van der Waals surface area contributed by atoms with E-state index in [0.29, 0.717) is 12.1 Å². The Kier molecular flexibility index (Phi) is 3.23. The molecule has 0 radical (unpaired) electrons. The number of hydrogen-bond donors (Lipinski definition) is 1. The van der Waals surface area contributed by atoms with Crippen LogP contribution in [0.25, 0.3) is 0 Å². The van der Waals surface area contributed by atoms with Crippen molar-refractivity contribution < 1.29 is 4.42 Å². The van der Waals surface area contributed by atoms with E-state index in [2.05, 4.69) is 36.0 Å². The average molecular weight is 221 g/mol. The maximum atomic E-state index is 5.07. The third-order valence-electron chi connectivity index (χ3n) is 2.59. The fraction of sp³-hybridized carbons (Fsp3) is 0.333. The highest BCUT2D eigenvalue weighted by Gasteiger charge is 2.11. The Balaban J connectivity index is 1.98. The summed E-state index contributed by atoms with van der Waals surface area (Å²) in [5, 5.41) is 7.82. The molecule has 0 aliphatic carbocycles. The van der Waals surface area contributed by atoms with Gasteiger partial charge in [-0.2, -0.15) is 11.3 Å². The van der Waals surface area contributed by atoms with Crippen LogP contribution < -0.4 is 5.32 Å². The maximum Gasteiger partial charge on any atom is 0.0950 e. The van der Waals surface area contributed by atoms with Crippen molar-refractivity contribution >= 4 is 11.3 Å². The van der Waals surface area contributed by atoms with E-state index in [-0.39, 0.29) is 0 Å². The van der Waals surface area contributed by atoms with Gasteiger partial charge in [-0.3, -0.25) is 0 Å². The SMILES string of the molecule is CC(NC(C)c1ccsc1)c1ccoc1. The second kappa shape index (κ2) is 4.64. The van der Waals surface area contributed by atoms with Crippen molar-refractivity contribution in [1.82, 2.24) is 5.32 Å². The summed E-state index contributed by atoms with van der Waals surface area (Å²) in [5.74, 6) is 0. The molecular formula is C12H15NOS. The lowest BCUT2D eigenvalue weighted by Crippen LogP contribution is -2.21. The van der Waals surface area contributed by atoms with Gasteiger partial charge >= 0.3 is 0 Å². The predicted octanol–water partition coefficient (Wildman–Crippen LogP) is 3.75. The first-order valence-electron chi connectivity index (χ1n) is 5.07. The Hall–Kier alpha value is -1.06. The highest BCUT2D eigenvalue weighted by atomic mass is 32.1. The molecule has 3 heteroatoms. The average Bonchev–Trinajstić information content (AvgIpc) is 2.91. The first kappa shape index (κ1) is 10.5. The molecule has 2 nitrogen and oxygen atoms in total. The topological polar surface area (TPSA) is 25.2 Å².